The van der Waals surface area contributed by atoms with E-state index in [9.17, 15) is 9.59 Å². The van der Waals surface area contributed by atoms with Gasteiger partial charge in [0, 0.05) is 30.4 Å². The summed E-state index contributed by atoms with van der Waals surface area (Å²) >= 11 is 0. The third-order valence-electron chi connectivity index (χ3n) is 7.70. The molecule has 2 aliphatic heterocycles. The number of amides is 1. The van der Waals surface area contributed by atoms with Gasteiger partial charge in [-0.1, -0.05) is 27.7 Å². The summed E-state index contributed by atoms with van der Waals surface area (Å²) < 4.78 is 5.86. The van der Waals surface area contributed by atoms with E-state index in [-0.39, 0.29) is 23.7 Å². The lowest BCUT2D eigenvalue weighted by Crippen LogP contribution is -2.45. The number of aromatic nitrogens is 4. The average molecular weight is 546 g/mol. The molecule has 1 atom stereocenters. The molecule has 0 aromatic carbocycles. The van der Waals surface area contributed by atoms with Crippen LogP contribution in [0.25, 0.3) is 0 Å². The Labute approximate surface area is 233 Å². The highest BCUT2D eigenvalue weighted by atomic mass is 16.5. The zero-order chi connectivity index (χ0) is 28.6. The monoisotopic (exact) mass is 545 g/mol. The Hall–Kier alpha value is -4.28. The van der Waals surface area contributed by atoms with Crippen LogP contribution in [0.3, 0.4) is 0 Å². The first-order chi connectivity index (χ1) is 19.0. The number of carbonyl (C=O) groups excluding carboxylic acids is 1. The molecular weight excluding hydrogens is 510 g/mol. The fourth-order valence-corrected chi connectivity index (χ4v) is 5.00. The normalized spacial score (nSPS) is 15.5. The largest absolute Gasteiger partial charge is 0.481 e. The Bertz CT molecular complexity index is 1450. The molecule has 1 unspecified atom stereocenters. The number of ether oxygens (including phenoxy) is 1. The number of fused-ring (bicyclic) bond motifs is 2. The van der Waals surface area contributed by atoms with E-state index in [0.717, 1.165) is 41.2 Å². The first kappa shape index (κ1) is 27.3. The first-order valence-corrected chi connectivity index (χ1v) is 13.5. The van der Waals surface area contributed by atoms with Gasteiger partial charge < -0.3 is 25.0 Å². The van der Waals surface area contributed by atoms with E-state index in [1.54, 1.807) is 12.3 Å². The van der Waals surface area contributed by atoms with Crippen LogP contribution in [0, 0.1) is 18.3 Å². The molecule has 0 bridgehead atoms. The number of aliphatic carboxylic acids is 1. The summed E-state index contributed by atoms with van der Waals surface area (Å²) in [7, 11) is 0. The number of hydrogen-bond donors (Lipinski definition) is 2. The average Bonchev–Trinajstić information content (AvgIpc) is 2.91. The Balaban J connectivity index is 1.39. The molecule has 0 aliphatic carbocycles. The number of anilines is 4. The minimum atomic E-state index is -0.918. The van der Waals surface area contributed by atoms with Gasteiger partial charge in [-0.2, -0.15) is 0 Å². The van der Waals surface area contributed by atoms with Crippen LogP contribution in [0.1, 0.15) is 50.1 Å². The van der Waals surface area contributed by atoms with E-state index in [2.05, 4.69) is 45.9 Å². The van der Waals surface area contributed by atoms with Gasteiger partial charge in [0.1, 0.15) is 12.3 Å². The fourth-order valence-electron chi connectivity index (χ4n) is 5.00. The summed E-state index contributed by atoms with van der Waals surface area (Å²) in [6.07, 6.45) is 7.44. The van der Waals surface area contributed by atoms with Crippen LogP contribution in [0.5, 0.6) is 5.88 Å². The zero-order valence-corrected chi connectivity index (χ0v) is 23.6. The van der Waals surface area contributed by atoms with Crippen molar-refractivity contribution in [3.8, 4) is 5.88 Å². The number of pyridine rings is 2. The van der Waals surface area contributed by atoms with Gasteiger partial charge in [0.15, 0.2) is 0 Å². The minimum Gasteiger partial charge on any atom is -0.481 e. The van der Waals surface area contributed by atoms with Crippen molar-refractivity contribution in [1.82, 2.24) is 19.9 Å². The lowest BCUT2D eigenvalue weighted by atomic mass is 9.81. The van der Waals surface area contributed by atoms with E-state index in [4.69, 9.17) is 14.8 Å². The smallest absolute Gasteiger partial charge is 0.307 e. The maximum absolute atomic E-state index is 13.5. The zero-order valence-electron chi connectivity index (χ0n) is 23.6. The lowest BCUT2D eigenvalue weighted by molar-refractivity contribution is -0.136. The van der Waals surface area contributed by atoms with E-state index in [1.807, 2.05) is 31.1 Å². The summed E-state index contributed by atoms with van der Waals surface area (Å²) in [5.74, 6) is -0.0957. The van der Waals surface area contributed by atoms with Crippen LogP contribution >= 0.6 is 0 Å². The number of nitrogens with zero attached hydrogens (tertiary/aromatic N) is 6. The van der Waals surface area contributed by atoms with Gasteiger partial charge in [-0.05, 0) is 36.0 Å². The summed E-state index contributed by atoms with van der Waals surface area (Å²) in [5.41, 5.74) is 5.65. The Morgan fingerprint density at radius 3 is 2.70 bits per heavy atom. The third-order valence-corrected chi connectivity index (χ3v) is 7.70. The molecule has 40 heavy (non-hydrogen) atoms. The molecule has 0 saturated carbocycles. The topological polar surface area (TPSA) is 134 Å². The van der Waals surface area contributed by atoms with Gasteiger partial charge in [0.05, 0.1) is 49.0 Å². The van der Waals surface area contributed by atoms with Crippen molar-refractivity contribution in [2.45, 2.75) is 54.0 Å². The number of rotatable bonds is 6. The summed E-state index contributed by atoms with van der Waals surface area (Å²) in [4.78, 5) is 46.6. The van der Waals surface area contributed by atoms with Crippen molar-refractivity contribution in [1.29, 1.82) is 0 Å². The maximum Gasteiger partial charge on any atom is 0.307 e. The van der Waals surface area contributed by atoms with Crippen molar-refractivity contribution in [3.05, 3.63) is 53.2 Å². The molecule has 3 aromatic rings. The van der Waals surface area contributed by atoms with Crippen molar-refractivity contribution in [2.75, 3.05) is 34.8 Å². The summed E-state index contributed by atoms with van der Waals surface area (Å²) in [6, 6.07) is 1.73. The van der Waals surface area contributed by atoms with Crippen LogP contribution in [0.15, 0.2) is 30.9 Å². The van der Waals surface area contributed by atoms with Crippen molar-refractivity contribution in [2.24, 2.45) is 11.3 Å². The van der Waals surface area contributed by atoms with Crippen LogP contribution in [0.4, 0.5) is 23.0 Å². The van der Waals surface area contributed by atoms with E-state index in [0.29, 0.717) is 42.8 Å². The van der Waals surface area contributed by atoms with E-state index >= 15 is 0 Å². The molecule has 2 N–H and O–H groups in total. The second kappa shape index (κ2) is 10.7. The fraction of sp³-hybridized carbons (Fsp3) is 0.448. The predicted octanol–water partition coefficient (Wildman–Crippen LogP) is 3.92. The van der Waals surface area contributed by atoms with Gasteiger partial charge in [-0.25, -0.2) is 15.0 Å². The second-order valence-corrected chi connectivity index (χ2v) is 11.5. The molecule has 5 heterocycles. The highest BCUT2D eigenvalue weighted by Gasteiger charge is 2.36. The first-order valence-electron chi connectivity index (χ1n) is 13.5. The highest BCUT2D eigenvalue weighted by molar-refractivity contribution is 5.98. The molecular formula is C29H35N7O4. The van der Waals surface area contributed by atoms with Crippen molar-refractivity contribution in [3.63, 3.8) is 0 Å². The molecule has 0 fully saturated rings. The molecule has 0 spiro atoms. The van der Waals surface area contributed by atoms with Gasteiger partial charge in [-0.15, -0.1) is 0 Å². The molecule has 210 valence electrons. The molecule has 0 saturated heterocycles. The summed E-state index contributed by atoms with van der Waals surface area (Å²) in [5, 5.41) is 12.2. The molecule has 2 aliphatic rings. The van der Waals surface area contributed by atoms with E-state index in [1.165, 1.54) is 6.20 Å². The third kappa shape index (κ3) is 5.54. The van der Waals surface area contributed by atoms with Gasteiger partial charge >= 0.3 is 5.97 Å². The number of carboxylic acid groups (broad SMARTS) is 1. The molecule has 1 amide bonds. The molecule has 0 radical (unpaired) electrons. The lowest BCUT2D eigenvalue weighted by Gasteiger charge is -2.37. The second-order valence-electron chi connectivity index (χ2n) is 11.5. The van der Waals surface area contributed by atoms with Gasteiger partial charge in [-0.3, -0.25) is 14.6 Å². The van der Waals surface area contributed by atoms with Crippen LogP contribution in [-0.4, -0.2) is 56.6 Å². The standard InChI is InChI=1S/C29H35N7O4/c1-17-23(15-31-26-25(17)36(8-9-40-26)27(39)18(2)29(3,4)5)35-7-6-20-13-32-28(34-22(20)16-35)33-21-10-19(11-24(37)38)12-30-14-21/h10,12-15,18H,6-9,11,16H2,1-5H3,(H,37,38)(H,32,33,34). The molecule has 3 aromatic heterocycles. The highest BCUT2D eigenvalue weighted by Crippen LogP contribution is 2.41. The van der Waals surface area contributed by atoms with Crippen molar-refractivity contribution < 1.29 is 19.4 Å². The SMILES string of the molecule is Cc1c(N2CCc3cnc(Nc4cncc(CC(=O)O)c4)nc3C2)cnc2c1N(C(=O)C(C)C(C)(C)C)CCO2. The number of carboxylic acids is 1. The van der Waals surface area contributed by atoms with Crippen LogP contribution in [-0.2, 0) is 29.0 Å². The minimum absolute atomic E-state index is 0.0773. The molecule has 5 rings (SSSR count). The summed E-state index contributed by atoms with van der Waals surface area (Å²) in [6.45, 7) is 12.5. The van der Waals surface area contributed by atoms with E-state index < -0.39 is 5.97 Å². The maximum atomic E-state index is 13.5. The number of carbonyl (C=O) groups is 2. The van der Waals surface area contributed by atoms with Crippen molar-refractivity contribution >= 4 is 34.9 Å². The number of hydrogen-bond acceptors (Lipinski definition) is 9. The molecule has 11 heteroatoms. The van der Waals surface area contributed by atoms with Crippen LogP contribution in [0.2, 0.25) is 0 Å². The Morgan fingerprint density at radius 2 is 1.95 bits per heavy atom. The Morgan fingerprint density at radius 1 is 1.15 bits per heavy atom. The quantitative estimate of drug-likeness (QED) is 0.469. The van der Waals surface area contributed by atoms with Crippen LogP contribution < -0.4 is 19.9 Å². The molecule has 11 nitrogen and oxygen atoms in total. The number of nitrogens with one attached hydrogen (secondary N) is 1. The van der Waals surface area contributed by atoms with Gasteiger partial charge in [0.25, 0.3) is 0 Å². The Kier molecular flexibility index (Phi) is 7.31. The van der Waals surface area contributed by atoms with Gasteiger partial charge in [0.2, 0.25) is 17.7 Å². The predicted molar refractivity (Wildman–Crippen MR) is 151 cm³/mol.